The Morgan fingerprint density at radius 1 is 1.22 bits per heavy atom. The summed E-state index contributed by atoms with van der Waals surface area (Å²) in [4.78, 5) is 11.9. The summed E-state index contributed by atoms with van der Waals surface area (Å²) in [6.07, 6.45) is 0. The van der Waals surface area contributed by atoms with Crippen LogP contribution in [0, 0.1) is 22.7 Å². The first-order valence-corrected chi connectivity index (χ1v) is 5.15. The van der Waals surface area contributed by atoms with Crippen molar-refractivity contribution in [2.75, 3.05) is 7.11 Å². The molecule has 2 rings (SSSR count). The van der Waals surface area contributed by atoms with Crippen LogP contribution in [0.1, 0.15) is 11.1 Å². The molecule has 0 atom stereocenters. The third kappa shape index (κ3) is 1.50. The van der Waals surface area contributed by atoms with Gasteiger partial charge in [-0.25, -0.2) is 0 Å². The van der Waals surface area contributed by atoms with Crippen LogP contribution < -0.4 is 10.3 Å². The highest BCUT2D eigenvalue weighted by Gasteiger charge is 2.15. The number of fused-ring (bicyclic) bond motifs is 1. The van der Waals surface area contributed by atoms with Crippen LogP contribution in [0.25, 0.3) is 10.9 Å². The van der Waals surface area contributed by atoms with E-state index in [0.29, 0.717) is 16.7 Å². The molecule has 88 valence electrons. The van der Waals surface area contributed by atoms with Gasteiger partial charge in [0.15, 0.2) is 0 Å². The van der Waals surface area contributed by atoms with Crippen LogP contribution in [0.3, 0.4) is 0 Å². The number of nitrogens with zero attached hydrogens (tertiary/aromatic N) is 3. The summed E-state index contributed by atoms with van der Waals surface area (Å²) in [5.74, 6) is 0.571. The first-order chi connectivity index (χ1) is 8.63. The first kappa shape index (κ1) is 11.7. The molecule has 5 nitrogen and oxygen atoms in total. The molecule has 0 amide bonds. The van der Waals surface area contributed by atoms with Crippen LogP contribution in [-0.4, -0.2) is 11.7 Å². The van der Waals surface area contributed by atoms with Crippen LogP contribution in [0.15, 0.2) is 23.0 Å². The Morgan fingerprint density at radius 3 is 2.44 bits per heavy atom. The SMILES string of the molecule is COc1ccc2c(c1)c(C#N)c(C#N)c(=O)n2C. The number of benzene rings is 1. The number of nitriles is 2. The first-order valence-electron chi connectivity index (χ1n) is 5.15. The van der Waals surface area contributed by atoms with E-state index in [2.05, 4.69) is 0 Å². The van der Waals surface area contributed by atoms with E-state index in [0.717, 1.165) is 0 Å². The van der Waals surface area contributed by atoms with E-state index in [1.807, 2.05) is 6.07 Å². The highest BCUT2D eigenvalue weighted by molar-refractivity contribution is 5.88. The van der Waals surface area contributed by atoms with Crippen molar-refractivity contribution >= 4 is 10.9 Å². The van der Waals surface area contributed by atoms with Gasteiger partial charge in [0.2, 0.25) is 0 Å². The van der Waals surface area contributed by atoms with Crippen molar-refractivity contribution in [2.45, 2.75) is 0 Å². The Morgan fingerprint density at radius 2 is 1.89 bits per heavy atom. The standard InChI is InChI=1S/C13H9N3O2/c1-16-12-4-3-8(18-2)5-9(12)10(6-14)11(7-15)13(16)17/h3-5H,1-2H3. The molecule has 0 N–H and O–H groups in total. The maximum Gasteiger partial charge on any atom is 0.270 e. The molecule has 0 radical (unpaired) electrons. The molecule has 2 aromatic rings. The molecular weight excluding hydrogens is 230 g/mol. The highest BCUT2D eigenvalue weighted by atomic mass is 16.5. The molecule has 0 saturated heterocycles. The van der Waals surface area contributed by atoms with Crippen LogP contribution in [-0.2, 0) is 7.05 Å². The van der Waals surface area contributed by atoms with Gasteiger partial charge in [-0.3, -0.25) is 4.79 Å². The average Bonchev–Trinajstić information content (AvgIpc) is 2.41. The van der Waals surface area contributed by atoms with Crippen molar-refractivity contribution in [3.05, 3.63) is 39.7 Å². The molecule has 0 bridgehead atoms. The molecule has 0 aliphatic rings. The third-order valence-electron chi connectivity index (χ3n) is 2.83. The zero-order valence-electron chi connectivity index (χ0n) is 9.89. The summed E-state index contributed by atoms with van der Waals surface area (Å²) in [6, 6.07) is 8.75. The third-order valence-corrected chi connectivity index (χ3v) is 2.83. The van der Waals surface area contributed by atoms with E-state index in [-0.39, 0.29) is 11.1 Å². The molecule has 0 aliphatic carbocycles. The minimum Gasteiger partial charge on any atom is -0.497 e. The van der Waals surface area contributed by atoms with Gasteiger partial charge in [0.1, 0.15) is 23.5 Å². The lowest BCUT2D eigenvalue weighted by molar-refractivity contribution is 0.415. The predicted molar refractivity (Wildman–Crippen MR) is 65.2 cm³/mol. The van der Waals surface area contributed by atoms with Crippen molar-refractivity contribution in [3.63, 3.8) is 0 Å². The number of hydrogen-bond acceptors (Lipinski definition) is 4. The number of pyridine rings is 1. The fourth-order valence-corrected chi connectivity index (χ4v) is 1.87. The van der Waals surface area contributed by atoms with Crippen LogP contribution >= 0.6 is 0 Å². The normalized spacial score (nSPS) is 9.78. The molecular formula is C13H9N3O2. The van der Waals surface area contributed by atoms with E-state index in [1.54, 1.807) is 31.3 Å². The van der Waals surface area contributed by atoms with Gasteiger partial charge in [-0.05, 0) is 18.2 Å². The largest absolute Gasteiger partial charge is 0.497 e. The zero-order chi connectivity index (χ0) is 13.3. The van der Waals surface area contributed by atoms with E-state index < -0.39 is 5.56 Å². The predicted octanol–water partition coefficient (Wildman–Crippen LogP) is 1.29. The lowest BCUT2D eigenvalue weighted by atomic mass is 10.0. The molecule has 0 aliphatic heterocycles. The van der Waals surface area contributed by atoms with Gasteiger partial charge in [-0.15, -0.1) is 0 Å². The van der Waals surface area contributed by atoms with Crippen LogP contribution in [0.4, 0.5) is 0 Å². The van der Waals surface area contributed by atoms with Gasteiger partial charge in [-0.1, -0.05) is 0 Å². The number of ether oxygens (including phenoxy) is 1. The average molecular weight is 239 g/mol. The van der Waals surface area contributed by atoms with Crippen molar-refractivity contribution < 1.29 is 4.74 Å². The molecule has 18 heavy (non-hydrogen) atoms. The Labute approximate surface area is 103 Å². The second kappa shape index (κ2) is 4.23. The summed E-state index contributed by atoms with van der Waals surface area (Å²) in [7, 11) is 3.08. The highest BCUT2D eigenvalue weighted by Crippen LogP contribution is 2.23. The fourth-order valence-electron chi connectivity index (χ4n) is 1.87. The quantitative estimate of drug-likeness (QED) is 0.751. The molecule has 0 saturated carbocycles. The van der Waals surface area contributed by atoms with Crippen molar-refractivity contribution in [1.29, 1.82) is 10.5 Å². The number of rotatable bonds is 1. The molecule has 1 aromatic carbocycles. The molecule has 0 fully saturated rings. The smallest absolute Gasteiger partial charge is 0.270 e. The topological polar surface area (TPSA) is 78.8 Å². The monoisotopic (exact) mass is 239 g/mol. The lowest BCUT2D eigenvalue weighted by Gasteiger charge is -2.09. The van der Waals surface area contributed by atoms with Crippen LogP contribution in [0.2, 0.25) is 0 Å². The fraction of sp³-hybridized carbons (Fsp3) is 0.154. The minimum atomic E-state index is -0.466. The van der Waals surface area contributed by atoms with Gasteiger partial charge < -0.3 is 9.30 Å². The van der Waals surface area contributed by atoms with E-state index in [9.17, 15) is 4.79 Å². The van der Waals surface area contributed by atoms with E-state index in [4.69, 9.17) is 15.3 Å². The number of aryl methyl sites for hydroxylation is 1. The maximum absolute atomic E-state index is 11.9. The maximum atomic E-state index is 11.9. The van der Waals surface area contributed by atoms with Crippen molar-refractivity contribution in [2.24, 2.45) is 7.05 Å². The molecule has 1 aromatic heterocycles. The number of methoxy groups -OCH3 is 1. The molecule has 0 spiro atoms. The van der Waals surface area contributed by atoms with Crippen molar-refractivity contribution in [3.8, 4) is 17.9 Å². The van der Waals surface area contributed by atoms with E-state index in [1.165, 1.54) is 11.7 Å². The number of hydrogen-bond donors (Lipinski definition) is 0. The summed E-state index contributed by atoms with van der Waals surface area (Å²) in [6.45, 7) is 0. The van der Waals surface area contributed by atoms with Gasteiger partial charge in [0.05, 0.1) is 18.2 Å². The second-order valence-corrected chi connectivity index (χ2v) is 3.72. The summed E-state index contributed by atoms with van der Waals surface area (Å²) in [5.41, 5.74) is 0.0818. The summed E-state index contributed by atoms with van der Waals surface area (Å²) >= 11 is 0. The second-order valence-electron chi connectivity index (χ2n) is 3.72. The number of aromatic nitrogens is 1. The Balaban J connectivity index is 3.08. The Bertz CT molecular complexity index is 776. The van der Waals surface area contributed by atoms with Gasteiger partial charge in [0.25, 0.3) is 5.56 Å². The lowest BCUT2D eigenvalue weighted by Crippen LogP contribution is -2.21. The Kier molecular flexibility index (Phi) is 2.75. The minimum absolute atomic E-state index is 0.0921. The van der Waals surface area contributed by atoms with Gasteiger partial charge in [-0.2, -0.15) is 10.5 Å². The summed E-state index contributed by atoms with van der Waals surface area (Å²) < 4.78 is 6.44. The molecule has 5 heteroatoms. The zero-order valence-corrected chi connectivity index (χ0v) is 9.89. The van der Waals surface area contributed by atoms with Gasteiger partial charge in [0, 0.05) is 12.4 Å². The summed E-state index contributed by atoms with van der Waals surface area (Å²) in [5, 5.41) is 18.7. The van der Waals surface area contributed by atoms with E-state index >= 15 is 0 Å². The molecule has 1 heterocycles. The van der Waals surface area contributed by atoms with Gasteiger partial charge >= 0.3 is 0 Å². The van der Waals surface area contributed by atoms with Crippen molar-refractivity contribution in [1.82, 2.24) is 4.57 Å². The Hall–Kier alpha value is -2.79. The molecule has 0 unspecified atom stereocenters. The van der Waals surface area contributed by atoms with Crippen LogP contribution in [0.5, 0.6) is 5.75 Å².